The van der Waals surface area contributed by atoms with Crippen LogP contribution in [-0.2, 0) is 4.74 Å². The van der Waals surface area contributed by atoms with Gasteiger partial charge in [0, 0.05) is 24.8 Å². The van der Waals surface area contributed by atoms with Crippen LogP contribution in [0.4, 0.5) is 19.3 Å². The van der Waals surface area contributed by atoms with Crippen molar-refractivity contribution >= 4 is 11.8 Å². The molecule has 134 valence electrons. The number of amides is 1. The Morgan fingerprint density at radius 1 is 1.29 bits per heavy atom. The summed E-state index contributed by atoms with van der Waals surface area (Å²) in [7, 11) is 1.38. The third-order valence-electron chi connectivity index (χ3n) is 3.28. The number of likely N-dealkylation sites (tertiary alicyclic amines) is 1. The van der Waals surface area contributed by atoms with Gasteiger partial charge in [0.15, 0.2) is 11.5 Å². The Bertz CT molecular complexity index is 584. The number of hydrogen-bond acceptors (Lipinski definition) is 5. The topological polar surface area (TPSA) is 60.0 Å². The Hall–Kier alpha value is -2.25. The first-order valence-electron chi connectivity index (χ1n) is 7.55. The number of hydrogen-bond donors (Lipinski definition) is 1. The fourth-order valence-electron chi connectivity index (χ4n) is 2.24. The summed E-state index contributed by atoms with van der Waals surface area (Å²) in [6.07, 6.45) is -0.364. The average molecular weight is 344 g/mol. The molecule has 0 saturated carbocycles. The highest BCUT2D eigenvalue weighted by Crippen LogP contribution is 2.32. The van der Waals surface area contributed by atoms with Crippen molar-refractivity contribution in [2.45, 2.75) is 39.0 Å². The molecule has 1 aromatic rings. The van der Waals surface area contributed by atoms with Crippen LogP contribution in [-0.4, -0.2) is 49.4 Å². The number of halogens is 2. The molecule has 6 nitrogen and oxygen atoms in total. The van der Waals surface area contributed by atoms with E-state index in [2.05, 4.69) is 10.1 Å². The fraction of sp³-hybridized carbons (Fsp3) is 0.562. The molecule has 1 aromatic carbocycles. The van der Waals surface area contributed by atoms with Crippen molar-refractivity contribution in [2.24, 2.45) is 0 Å². The SMILES string of the molecule is COc1ccc(NC2CN(C(=O)OC(C)(C)C)C2)cc1OC(F)F. The number of nitrogens with zero attached hydrogens (tertiary/aromatic N) is 1. The summed E-state index contributed by atoms with van der Waals surface area (Å²) >= 11 is 0. The van der Waals surface area contributed by atoms with Gasteiger partial charge in [-0.25, -0.2) is 4.79 Å². The van der Waals surface area contributed by atoms with Crippen molar-refractivity contribution in [3.8, 4) is 11.5 Å². The van der Waals surface area contributed by atoms with Gasteiger partial charge in [0.25, 0.3) is 0 Å². The van der Waals surface area contributed by atoms with Crippen molar-refractivity contribution in [3.05, 3.63) is 18.2 Å². The van der Waals surface area contributed by atoms with Gasteiger partial charge in [-0.2, -0.15) is 8.78 Å². The van der Waals surface area contributed by atoms with Crippen LogP contribution < -0.4 is 14.8 Å². The molecule has 24 heavy (non-hydrogen) atoms. The zero-order valence-electron chi connectivity index (χ0n) is 14.1. The van der Waals surface area contributed by atoms with Gasteiger partial charge in [0.1, 0.15) is 5.60 Å². The van der Waals surface area contributed by atoms with Gasteiger partial charge in [0.2, 0.25) is 0 Å². The van der Waals surface area contributed by atoms with E-state index in [9.17, 15) is 13.6 Å². The predicted molar refractivity (Wildman–Crippen MR) is 84.8 cm³/mol. The van der Waals surface area contributed by atoms with E-state index < -0.39 is 12.2 Å². The van der Waals surface area contributed by atoms with E-state index in [1.54, 1.807) is 17.0 Å². The Labute approximate surface area is 139 Å². The summed E-state index contributed by atoms with van der Waals surface area (Å²) in [6, 6.07) is 4.71. The molecule has 1 amide bonds. The maximum atomic E-state index is 12.4. The molecular weight excluding hydrogens is 322 g/mol. The van der Waals surface area contributed by atoms with Crippen LogP contribution in [0.2, 0.25) is 0 Å². The number of methoxy groups -OCH3 is 1. The summed E-state index contributed by atoms with van der Waals surface area (Å²) in [5.74, 6) is 0.186. The predicted octanol–water partition coefficient (Wildman–Crippen LogP) is 3.33. The zero-order chi connectivity index (χ0) is 17.9. The molecule has 1 fully saturated rings. The first-order valence-corrected chi connectivity index (χ1v) is 7.55. The lowest BCUT2D eigenvalue weighted by Crippen LogP contribution is -2.57. The van der Waals surface area contributed by atoms with Crippen molar-refractivity contribution in [1.29, 1.82) is 0 Å². The lowest BCUT2D eigenvalue weighted by molar-refractivity contribution is -0.0511. The molecule has 0 unspecified atom stereocenters. The zero-order valence-corrected chi connectivity index (χ0v) is 14.1. The number of alkyl halides is 2. The molecule has 8 heteroatoms. The number of carbonyl (C=O) groups is 1. The maximum absolute atomic E-state index is 12.4. The van der Waals surface area contributed by atoms with Crippen molar-refractivity contribution in [3.63, 3.8) is 0 Å². The quantitative estimate of drug-likeness (QED) is 0.888. The molecule has 2 rings (SSSR count). The Balaban J connectivity index is 1.90. The number of rotatable bonds is 5. The minimum Gasteiger partial charge on any atom is -0.493 e. The van der Waals surface area contributed by atoms with E-state index in [4.69, 9.17) is 9.47 Å². The number of benzene rings is 1. The first-order chi connectivity index (χ1) is 11.2. The smallest absolute Gasteiger partial charge is 0.410 e. The van der Waals surface area contributed by atoms with E-state index in [1.807, 2.05) is 20.8 Å². The summed E-state index contributed by atoms with van der Waals surface area (Å²) in [5.41, 5.74) is 0.0767. The monoisotopic (exact) mass is 344 g/mol. The van der Waals surface area contributed by atoms with Crippen molar-refractivity contribution in [1.82, 2.24) is 4.90 Å². The van der Waals surface area contributed by atoms with E-state index in [0.29, 0.717) is 18.8 Å². The van der Waals surface area contributed by atoms with Gasteiger partial charge in [-0.05, 0) is 32.9 Å². The Morgan fingerprint density at radius 2 is 1.96 bits per heavy atom. The second-order valence-electron chi connectivity index (χ2n) is 6.47. The molecule has 0 spiro atoms. The average Bonchev–Trinajstić information content (AvgIpc) is 2.39. The first kappa shape index (κ1) is 18.1. The van der Waals surface area contributed by atoms with Crippen LogP contribution in [0.3, 0.4) is 0 Å². The summed E-state index contributed by atoms with van der Waals surface area (Å²) in [6.45, 7) is 3.45. The molecular formula is C16H22F2N2O4. The molecule has 0 radical (unpaired) electrons. The minimum absolute atomic E-state index is 0.0188. The third kappa shape index (κ3) is 4.87. The molecule has 0 bridgehead atoms. The minimum atomic E-state index is -2.93. The number of carbonyl (C=O) groups excluding carboxylic acids is 1. The van der Waals surface area contributed by atoms with Gasteiger partial charge < -0.3 is 24.4 Å². The normalized spacial score (nSPS) is 15.0. The molecule has 0 aliphatic carbocycles. The number of ether oxygens (including phenoxy) is 3. The molecule has 1 aliphatic heterocycles. The van der Waals surface area contributed by atoms with Gasteiger partial charge in [0.05, 0.1) is 13.2 Å². The standard InChI is InChI=1S/C16H22F2N2O4/c1-16(2,3)24-15(21)20-8-11(9-20)19-10-5-6-12(22-4)13(7-10)23-14(17)18/h5-7,11,14,19H,8-9H2,1-4H3. The van der Waals surface area contributed by atoms with Crippen LogP contribution in [0, 0.1) is 0 Å². The molecule has 1 aliphatic rings. The molecule has 0 aromatic heterocycles. The highest BCUT2D eigenvalue weighted by atomic mass is 19.3. The molecule has 1 heterocycles. The van der Waals surface area contributed by atoms with Crippen LogP contribution in [0.15, 0.2) is 18.2 Å². The maximum Gasteiger partial charge on any atom is 0.410 e. The van der Waals surface area contributed by atoms with E-state index in [-0.39, 0.29) is 23.6 Å². The molecule has 1 saturated heterocycles. The van der Waals surface area contributed by atoms with E-state index in [0.717, 1.165) is 0 Å². The van der Waals surface area contributed by atoms with Gasteiger partial charge in [-0.3, -0.25) is 0 Å². The van der Waals surface area contributed by atoms with Crippen LogP contribution in [0.25, 0.3) is 0 Å². The van der Waals surface area contributed by atoms with E-state index >= 15 is 0 Å². The van der Waals surface area contributed by atoms with E-state index in [1.165, 1.54) is 13.2 Å². The highest BCUT2D eigenvalue weighted by molar-refractivity contribution is 5.70. The summed E-state index contributed by atoms with van der Waals surface area (Å²) < 4.78 is 39.6. The third-order valence-corrected chi connectivity index (χ3v) is 3.28. The van der Waals surface area contributed by atoms with Gasteiger partial charge in [-0.15, -0.1) is 0 Å². The highest BCUT2D eigenvalue weighted by Gasteiger charge is 2.33. The van der Waals surface area contributed by atoms with Crippen LogP contribution >= 0.6 is 0 Å². The van der Waals surface area contributed by atoms with Gasteiger partial charge in [-0.1, -0.05) is 0 Å². The van der Waals surface area contributed by atoms with Crippen LogP contribution in [0.1, 0.15) is 20.8 Å². The Morgan fingerprint density at radius 3 is 2.50 bits per heavy atom. The lowest BCUT2D eigenvalue weighted by Gasteiger charge is -2.40. The fourth-order valence-corrected chi connectivity index (χ4v) is 2.24. The van der Waals surface area contributed by atoms with Crippen molar-refractivity contribution < 1.29 is 27.8 Å². The summed E-state index contributed by atoms with van der Waals surface area (Å²) in [5, 5.41) is 3.16. The molecule has 1 N–H and O–H groups in total. The number of anilines is 1. The second kappa shape index (κ2) is 7.11. The largest absolute Gasteiger partial charge is 0.493 e. The molecule has 0 atom stereocenters. The van der Waals surface area contributed by atoms with Crippen molar-refractivity contribution in [2.75, 3.05) is 25.5 Å². The Kier molecular flexibility index (Phi) is 5.36. The number of nitrogens with one attached hydrogen (secondary N) is 1. The van der Waals surface area contributed by atoms with Crippen LogP contribution in [0.5, 0.6) is 11.5 Å². The lowest BCUT2D eigenvalue weighted by atomic mass is 10.1. The second-order valence-corrected chi connectivity index (χ2v) is 6.47. The summed E-state index contributed by atoms with van der Waals surface area (Å²) in [4.78, 5) is 13.4. The van der Waals surface area contributed by atoms with Gasteiger partial charge >= 0.3 is 12.7 Å².